The van der Waals surface area contributed by atoms with Crippen LogP contribution < -0.4 is 5.32 Å². The molecule has 0 aliphatic carbocycles. The highest BCUT2D eigenvalue weighted by molar-refractivity contribution is 5.93. The molecule has 2 saturated heterocycles. The molecule has 2 N–H and O–H groups in total. The summed E-state index contributed by atoms with van der Waals surface area (Å²) in [7, 11) is 0. The van der Waals surface area contributed by atoms with Crippen molar-refractivity contribution in [3.8, 4) is 0 Å². The zero-order valence-electron chi connectivity index (χ0n) is 10.7. The lowest BCUT2D eigenvalue weighted by molar-refractivity contribution is 0.0108. The van der Waals surface area contributed by atoms with Crippen molar-refractivity contribution in [2.45, 2.75) is 12.1 Å². The van der Waals surface area contributed by atoms with E-state index in [0.29, 0.717) is 18.8 Å². The average molecular weight is 266 g/mol. The van der Waals surface area contributed by atoms with Gasteiger partial charge in [0, 0.05) is 19.3 Å². The fourth-order valence-electron chi connectivity index (χ4n) is 2.58. The summed E-state index contributed by atoms with van der Waals surface area (Å²) in [5.41, 5.74) is 0.549. The normalized spacial score (nSPS) is 28.4. The summed E-state index contributed by atoms with van der Waals surface area (Å²) in [5, 5.41) is 9.45. The van der Waals surface area contributed by atoms with Crippen LogP contribution in [0.3, 0.4) is 0 Å². The fourth-order valence-corrected chi connectivity index (χ4v) is 2.58. The van der Waals surface area contributed by atoms with Gasteiger partial charge in [0.1, 0.15) is 0 Å². The molecule has 3 rings (SSSR count). The first-order valence-electron chi connectivity index (χ1n) is 6.54. The summed E-state index contributed by atoms with van der Waals surface area (Å²) >= 11 is 0. The maximum absolute atomic E-state index is 12.0. The zero-order chi connectivity index (χ0) is 13.1. The van der Waals surface area contributed by atoms with Crippen molar-refractivity contribution in [1.29, 1.82) is 0 Å². The van der Waals surface area contributed by atoms with Gasteiger partial charge in [-0.05, 0) is 0 Å². The van der Waals surface area contributed by atoms with Crippen molar-refractivity contribution >= 4 is 5.91 Å². The number of aromatic amines is 1. The molecule has 0 aromatic carbocycles. The molecule has 2 atom stereocenters. The van der Waals surface area contributed by atoms with Gasteiger partial charge in [0.05, 0.1) is 50.3 Å². The van der Waals surface area contributed by atoms with Crippen LogP contribution in [0.4, 0.5) is 0 Å². The molecule has 3 heterocycles. The van der Waals surface area contributed by atoms with Gasteiger partial charge in [-0.2, -0.15) is 5.10 Å². The summed E-state index contributed by atoms with van der Waals surface area (Å²) in [6.07, 6.45) is 3.11. The number of nitrogens with one attached hydrogen (secondary N) is 2. The van der Waals surface area contributed by atoms with Crippen molar-refractivity contribution in [3.63, 3.8) is 0 Å². The van der Waals surface area contributed by atoms with E-state index < -0.39 is 0 Å². The van der Waals surface area contributed by atoms with Gasteiger partial charge in [-0.15, -0.1) is 0 Å². The highest BCUT2D eigenvalue weighted by Crippen LogP contribution is 2.15. The zero-order valence-corrected chi connectivity index (χ0v) is 10.7. The monoisotopic (exact) mass is 266 g/mol. The molecule has 0 spiro atoms. The van der Waals surface area contributed by atoms with Crippen molar-refractivity contribution in [2.24, 2.45) is 0 Å². The van der Waals surface area contributed by atoms with Crippen LogP contribution in [0.5, 0.6) is 0 Å². The molecule has 2 aliphatic heterocycles. The van der Waals surface area contributed by atoms with Crippen LogP contribution in [-0.4, -0.2) is 72.6 Å². The quantitative estimate of drug-likeness (QED) is 0.752. The van der Waals surface area contributed by atoms with E-state index in [1.807, 2.05) is 0 Å². The van der Waals surface area contributed by atoms with E-state index in [9.17, 15) is 4.79 Å². The van der Waals surface area contributed by atoms with Gasteiger partial charge in [0.25, 0.3) is 5.91 Å². The first-order valence-corrected chi connectivity index (χ1v) is 6.54. The maximum atomic E-state index is 12.0. The second-order valence-electron chi connectivity index (χ2n) is 4.82. The molecular formula is C12H18N4O3. The predicted molar refractivity (Wildman–Crippen MR) is 66.8 cm³/mol. The Bertz CT molecular complexity index is 417. The lowest BCUT2D eigenvalue weighted by atomic mass is 10.1. The predicted octanol–water partition coefficient (Wildman–Crippen LogP) is -0.761. The minimum absolute atomic E-state index is 0.0282. The van der Waals surface area contributed by atoms with Gasteiger partial charge in [-0.25, -0.2) is 0 Å². The number of aromatic nitrogens is 2. The number of hydrogen-bond donors (Lipinski definition) is 2. The largest absolute Gasteiger partial charge is 0.379 e. The number of morpholine rings is 1. The van der Waals surface area contributed by atoms with Crippen molar-refractivity contribution < 1.29 is 14.3 Å². The highest BCUT2D eigenvalue weighted by atomic mass is 16.5. The lowest BCUT2D eigenvalue weighted by Gasteiger charge is -2.34. The molecule has 1 aromatic heterocycles. The molecule has 1 amide bonds. The summed E-state index contributed by atoms with van der Waals surface area (Å²) in [5.74, 6) is -0.109. The third-order valence-electron chi connectivity index (χ3n) is 3.64. The Morgan fingerprint density at radius 3 is 2.95 bits per heavy atom. The van der Waals surface area contributed by atoms with Crippen LogP contribution in [0.2, 0.25) is 0 Å². The average Bonchev–Trinajstić information content (AvgIpc) is 3.11. The molecular weight excluding hydrogens is 248 g/mol. The van der Waals surface area contributed by atoms with Crippen molar-refractivity contribution in [1.82, 2.24) is 20.4 Å². The van der Waals surface area contributed by atoms with Crippen LogP contribution in [0.15, 0.2) is 12.4 Å². The second kappa shape index (κ2) is 5.68. The van der Waals surface area contributed by atoms with Gasteiger partial charge in [-0.1, -0.05) is 0 Å². The Hall–Kier alpha value is -1.44. The number of rotatable bonds is 3. The molecule has 1 aromatic rings. The van der Waals surface area contributed by atoms with E-state index in [1.165, 1.54) is 6.20 Å². The third-order valence-corrected chi connectivity index (χ3v) is 3.64. The number of carbonyl (C=O) groups excluding carboxylic acids is 1. The lowest BCUT2D eigenvalue weighted by Crippen LogP contribution is -2.54. The van der Waals surface area contributed by atoms with E-state index >= 15 is 0 Å². The Balaban J connectivity index is 1.61. The number of H-pyrrole nitrogens is 1. The maximum Gasteiger partial charge on any atom is 0.254 e. The van der Waals surface area contributed by atoms with Crippen molar-refractivity contribution in [3.05, 3.63) is 18.0 Å². The molecule has 0 saturated carbocycles. The highest BCUT2D eigenvalue weighted by Gasteiger charge is 2.35. The molecule has 7 heteroatoms. The molecule has 0 bridgehead atoms. The smallest absolute Gasteiger partial charge is 0.254 e. The molecule has 2 aliphatic rings. The van der Waals surface area contributed by atoms with Crippen LogP contribution in [0, 0.1) is 0 Å². The van der Waals surface area contributed by atoms with Gasteiger partial charge in [-0.3, -0.25) is 14.8 Å². The number of nitrogens with zero attached hydrogens (tertiary/aromatic N) is 2. The van der Waals surface area contributed by atoms with Gasteiger partial charge >= 0.3 is 0 Å². The van der Waals surface area contributed by atoms with Gasteiger partial charge in [0.2, 0.25) is 0 Å². The van der Waals surface area contributed by atoms with Crippen molar-refractivity contribution in [2.75, 3.05) is 39.5 Å². The van der Waals surface area contributed by atoms with Gasteiger partial charge in [0.15, 0.2) is 0 Å². The minimum Gasteiger partial charge on any atom is -0.379 e. The molecule has 19 heavy (non-hydrogen) atoms. The first-order chi connectivity index (χ1) is 9.34. The van der Waals surface area contributed by atoms with E-state index in [0.717, 1.165) is 26.3 Å². The van der Waals surface area contributed by atoms with E-state index in [2.05, 4.69) is 20.4 Å². The molecule has 2 fully saturated rings. The topological polar surface area (TPSA) is 79.5 Å². The van der Waals surface area contributed by atoms with Crippen LogP contribution in [0.25, 0.3) is 0 Å². The van der Waals surface area contributed by atoms with Gasteiger partial charge < -0.3 is 14.8 Å². The third kappa shape index (κ3) is 2.78. The molecule has 7 nitrogen and oxygen atoms in total. The number of carbonyl (C=O) groups is 1. The van der Waals surface area contributed by atoms with E-state index in [-0.39, 0.29) is 18.0 Å². The Kier molecular flexibility index (Phi) is 3.77. The molecule has 0 unspecified atom stereocenters. The van der Waals surface area contributed by atoms with Crippen LogP contribution in [0.1, 0.15) is 10.4 Å². The SMILES string of the molecule is O=C(N[C@@H]1COC[C@H]1N1CCOCC1)c1cn[nH]c1. The summed E-state index contributed by atoms with van der Waals surface area (Å²) in [6.45, 7) is 4.51. The van der Waals surface area contributed by atoms with Crippen LogP contribution >= 0.6 is 0 Å². The first kappa shape index (κ1) is 12.6. The fraction of sp³-hybridized carbons (Fsp3) is 0.667. The number of hydrogen-bond acceptors (Lipinski definition) is 5. The Morgan fingerprint density at radius 1 is 1.37 bits per heavy atom. The Labute approximate surface area is 111 Å². The summed E-state index contributed by atoms with van der Waals surface area (Å²) in [4.78, 5) is 14.4. The second-order valence-corrected chi connectivity index (χ2v) is 4.82. The summed E-state index contributed by atoms with van der Waals surface area (Å²) in [6, 6.07) is 0.264. The number of amides is 1. The van der Waals surface area contributed by atoms with E-state index in [1.54, 1.807) is 6.20 Å². The minimum atomic E-state index is -0.109. The molecule has 104 valence electrons. The van der Waals surface area contributed by atoms with E-state index in [4.69, 9.17) is 9.47 Å². The molecule has 0 radical (unpaired) electrons. The summed E-state index contributed by atoms with van der Waals surface area (Å²) < 4.78 is 10.9. The number of ether oxygens (including phenoxy) is 2. The Morgan fingerprint density at radius 2 is 2.21 bits per heavy atom. The van der Waals surface area contributed by atoms with Crippen LogP contribution in [-0.2, 0) is 9.47 Å². The standard InChI is InChI=1S/C12H18N4O3/c17-12(9-5-13-14-6-9)15-10-7-19-8-11(10)16-1-3-18-4-2-16/h5-6,10-11H,1-4,7-8H2,(H,13,14)(H,15,17)/t10-,11-/m1/s1.